The topological polar surface area (TPSA) is 124 Å². The first-order chi connectivity index (χ1) is 10.1. The van der Waals surface area contributed by atoms with Crippen LogP contribution in [0.2, 0.25) is 0 Å². The molecule has 0 saturated carbocycles. The number of aromatic nitrogens is 2. The largest absolute Gasteiger partial charge is 0.334 e. The van der Waals surface area contributed by atoms with Crippen LogP contribution in [-0.2, 0) is 26.6 Å². The van der Waals surface area contributed by atoms with Crippen LogP contribution >= 0.6 is 0 Å². The molecule has 120 valence electrons. The molecule has 0 fully saturated rings. The predicted octanol–water partition coefficient (Wildman–Crippen LogP) is 0.660. The molecule has 0 radical (unpaired) electrons. The maximum absolute atomic E-state index is 12.3. The van der Waals surface area contributed by atoms with Crippen LogP contribution in [0.25, 0.3) is 0 Å². The highest BCUT2D eigenvalue weighted by molar-refractivity contribution is 7.93. The number of imidazole rings is 1. The Bertz CT molecular complexity index is 901. The minimum absolute atomic E-state index is 0.117. The molecule has 0 aliphatic rings. The van der Waals surface area contributed by atoms with Gasteiger partial charge in [-0.3, -0.25) is 4.72 Å². The number of benzene rings is 1. The van der Waals surface area contributed by atoms with Gasteiger partial charge in [0.05, 0.1) is 5.69 Å². The van der Waals surface area contributed by atoms with Gasteiger partial charge in [-0.15, -0.1) is 0 Å². The Balaban J connectivity index is 2.46. The van der Waals surface area contributed by atoms with Crippen molar-refractivity contribution in [2.45, 2.75) is 30.3 Å². The highest BCUT2D eigenvalue weighted by atomic mass is 32.2. The summed E-state index contributed by atoms with van der Waals surface area (Å²) in [6.07, 6.45) is 1.39. The van der Waals surface area contributed by atoms with E-state index in [4.69, 9.17) is 5.14 Å². The molecular weight excluding hydrogens is 328 g/mol. The Kier molecular flexibility index (Phi) is 4.27. The molecule has 0 atom stereocenters. The van der Waals surface area contributed by atoms with Crippen molar-refractivity contribution in [2.24, 2.45) is 5.14 Å². The van der Waals surface area contributed by atoms with E-state index in [2.05, 4.69) is 9.71 Å². The number of anilines is 1. The number of nitrogens with one attached hydrogen (secondary N) is 1. The van der Waals surface area contributed by atoms with Gasteiger partial charge in [0.25, 0.3) is 10.0 Å². The van der Waals surface area contributed by atoms with E-state index in [1.165, 1.54) is 30.5 Å². The second-order valence-corrected chi connectivity index (χ2v) is 7.72. The summed E-state index contributed by atoms with van der Waals surface area (Å²) in [5.41, 5.74) is -0.117. The van der Waals surface area contributed by atoms with Crippen LogP contribution in [0.3, 0.4) is 0 Å². The van der Waals surface area contributed by atoms with Crippen molar-refractivity contribution >= 4 is 25.7 Å². The number of hydrogen-bond donors (Lipinski definition) is 2. The fourth-order valence-corrected chi connectivity index (χ4v) is 3.77. The molecule has 0 bridgehead atoms. The molecule has 1 aromatic heterocycles. The van der Waals surface area contributed by atoms with Crippen molar-refractivity contribution in [3.8, 4) is 0 Å². The van der Waals surface area contributed by atoms with E-state index >= 15 is 0 Å². The summed E-state index contributed by atoms with van der Waals surface area (Å²) in [4.78, 5) is 3.67. The minimum Gasteiger partial charge on any atom is -0.334 e. The molecule has 0 amide bonds. The monoisotopic (exact) mass is 344 g/mol. The van der Waals surface area contributed by atoms with Gasteiger partial charge in [0.2, 0.25) is 10.0 Å². The summed E-state index contributed by atoms with van der Waals surface area (Å²) in [5, 5.41) is 4.90. The van der Waals surface area contributed by atoms with Gasteiger partial charge in [-0.2, -0.15) is 8.42 Å². The van der Waals surface area contributed by atoms with Crippen molar-refractivity contribution in [1.29, 1.82) is 0 Å². The molecule has 10 heteroatoms. The molecule has 0 unspecified atom stereocenters. The summed E-state index contributed by atoms with van der Waals surface area (Å²) < 4.78 is 51.6. The predicted molar refractivity (Wildman–Crippen MR) is 81.3 cm³/mol. The zero-order valence-electron chi connectivity index (χ0n) is 12.0. The highest BCUT2D eigenvalue weighted by Crippen LogP contribution is 2.22. The van der Waals surface area contributed by atoms with E-state index in [0.717, 1.165) is 0 Å². The number of rotatable bonds is 5. The van der Waals surface area contributed by atoms with Gasteiger partial charge in [0.1, 0.15) is 10.7 Å². The van der Waals surface area contributed by atoms with Gasteiger partial charge < -0.3 is 4.57 Å². The number of primary sulfonamides is 1. The van der Waals surface area contributed by atoms with Crippen LogP contribution in [0.4, 0.5) is 5.69 Å². The van der Waals surface area contributed by atoms with Crippen LogP contribution in [-0.4, -0.2) is 26.4 Å². The quantitative estimate of drug-likeness (QED) is 0.824. The van der Waals surface area contributed by atoms with Crippen LogP contribution in [0, 0.1) is 6.92 Å². The molecule has 8 nitrogen and oxygen atoms in total. The molecule has 2 aromatic rings. The first kappa shape index (κ1) is 16.5. The fourth-order valence-electron chi connectivity index (χ4n) is 1.92. The second kappa shape index (κ2) is 5.71. The molecular formula is C12H16N4O4S2. The average Bonchev–Trinajstić information content (AvgIpc) is 2.80. The van der Waals surface area contributed by atoms with Gasteiger partial charge >= 0.3 is 0 Å². The Morgan fingerprint density at radius 3 is 2.41 bits per heavy atom. The number of aryl methyl sites for hydroxylation is 2. The van der Waals surface area contributed by atoms with E-state index in [1.807, 2.05) is 6.92 Å². The van der Waals surface area contributed by atoms with E-state index in [1.54, 1.807) is 11.5 Å². The van der Waals surface area contributed by atoms with Gasteiger partial charge in [0.15, 0.2) is 5.03 Å². The number of hydrogen-bond acceptors (Lipinski definition) is 5. The van der Waals surface area contributed by atoms with E-state index < -0.39 is 20.0 Å². The number of nitrogens with zero attached hydrogens (tertiary/aromatic N) is 2. The molecule has 2 rings (SSSR count). The maximum atomic E-state index is 12.3. The summed E-state index contributed by atoms with van der Waals surface area (Å²) >= 11 is 0. The molecule has 1 heterocycles. The van der Waals surface area contributed by atoms with Crippen LogP contribution in [0.5, 0.6) is 0 Å². The summed E-state index contributed by atoms with van der Waals surface area (Å²) in [6.45, 7) is 4.11. The fraction of sp³-hybridized carbons (Fsp3) is 0.250. The summed E-state index contributed by atoms with van der Waals surface area (Å²) in [6, 6.07) is 5.50. The van der Waals surface area contributed by atoms with Crippen molar-refractivity contribution in [1.82, 2.24) is 9.55 Å². The first-order valence-corrected chi connectivity index (χ1v) is 9.36. The summed E-state index contributed by atoms with van der Waals surface area (Å²) in [5.74, 6) is 0.544. The Morgan fingerprint density at radius 1 is 1.23 bits per heavy atom. The van der Waals surface area contributed by atoms with Crippen molar-refractivity contribution < 1.29 is 16.8 Å². The molecule has 3 N–H and O–H groups in total. The van der Waals surface area contributed by atoms with Crippen molar-refractivity contribution in [3.05, 3.63) is 36.3 Å². The maximum Gasteiger partial charge on any atom is 0.280 e. The molecule has 0 saturated heterocycles. The normalized spacial score (nSPS) is 12.3. The van der Waals surface area contributed by atoms with Crippen LogP contribution < -0.4 is 9.86 Å². The van der Waals surface area contributed by atoms with Gasteiger partial charge in [-0.1, -0.05) is 12.1 Å². The van der Waals surface area contributed by atoms with Crippen molar-refractivity contribution in [2.75, 3.05) is 4.72 Å². The van der Waals surface area contributed by atoms with Crippen LogP contribution in [0.15, 0.2) is 40.4 Å². The lowest BCUT2D eigenvalue weighted by atomic mass is 10.3. The highest BCUT2D eigenvalue weighted by Gasteiger charge is 2.22. The zero-order valence-corrected chi connectivity index (χ0v) is 13.6. The SMILES string of the molecule is CCn1cc(S(=O)(=O)Nc2ccccc2S(N)(=O)=O)nc1C. The van der Waals surface area contributed by atoms with Gasteiger partial charge in [-0.05, 0) is 26.0 Å². The Hall–Kier alpha value is -1.91. The van der Waals surface area contributed by atoms with Gasteiger partial charge in [-0.25, -0.2) is 18.5 Å². The lowest BCUT2D eigenvalue weighted by Crippen LogP contribution is -2.19. The zero-order chi connectivity index (χ0) is 16.5. The molecule has 0 spiro atoms. The minimum atomic E-state index is -4.05. The third-order valence-electron chi connectivity index (χ3n) is 3.01. The van der Waals surface area contributed by atoms with E-state index in [-0.39, 0.29) is 15.6 Å². The second-order valence-electron chi connectivity index (χ2n) is 4.56. The Labute approximate surface area is 129 Å². The molecule has 1 aromatic carbocycles. The average molecular weight is 344 g/mol. The number of sulfonamides is 2. The Morgan fingerprint density at radius 2 is 1.86 bits per heavy atom. The van der Waals surface area contributed by atoms with Crippen LogP contribution in [0.1, 0.15) is 12.7 Å². The molecule has 0 aliphatic carbocycles. The smallest absolute Gasteiger partial charge is 0.280 e. The lowest BCUT2D eigenvalue weighted by molar-refractivity contribution is 0.597. The first-order valence-electron chi connectivity index (χ1n) is 6.33. The van der Waals surface area contributed by atoms with E-state index in [0.29, 0.717) is 12.4 Å². The number of para-hydroxylation sites is 1. The van der Waals surface area contributed by atoms with E-state index in [9.17, 15) is 16.8 Å². The molecule has 0 aliphatic heterocycles. The lowest BCUT2D eigenvalue weighted by Gasteiger charge is -2.09. The van der Waals surface area contributed by atoms with Gasteiger partial charge in [0, 0.05) is 12.7 Å². The third-order valence-corrected chi connectivity index (χ3v) is 5.21. The van der Waals surface area contributed by atoms with Crippen molar-refractivity contribution in [3.63, 3.8) is 0 Å². The molecule has 22 heavy (non-hydrogen) atoms. The standard InChI is InChI=1S/C12H16N4O4S2/c1-3-16-8-12(14-9(16)2)22(19,20)15-10-6-4-5-7-11(10)21(13,17)18/h4-8,15H,3H2,1-2H3,(H2,13,17,18). The summed E-state index contributed by atoms with van der Waals surface area (Å²) in [7, 11) is -8.06. The number of nitrogens with two attached hydrogens (primary N) is 1. The third kappa shape index (κ3) is 3.29.